The van der Waals surface area contributed by atoms with E-state index in [0.29, 0.717) is 5.41 Å². The lowest BCUT2D eigenvalue weighted by atomic mass is 9.82. The number of rotatable bonds is 5. The molecule has 1 saturated carbocycles. The molecule has 0 aromatic carbocycles. The SMILES string of the molecule is CCCC(C)(CN)CN1CCCC2CCCC21. The molecule has 2 rings (SSSR count). The van der Waals surface area contributed by atoms with Crippen LogP contribution in [0.3, 0.4) is 0 Å². The van der Waals surface area contributed by atoms with Crippen molar-refractivity contribution >= 4 is 0 Å². The molecule has 0 amide bonds. The lowest BCUT2D eigenvalue weighted by molar-refractivity contribution is 0.0642. The van der Waals surface area contributed by atoms with Crippen LogP contribution in [0, 0.1) is 11.3 Å². The molecule has 1 aliphatic heterocycles. The predicted octanol–water partition coefficient (Wildman–Crippen LogP) is 3.02. The largest absolute Gasteiger partial charge is 0.330 e. The van der Waals surface area contributed by atoms with Gasteiger partial charge in [0, 0.05) is 12.6 Å². The molecule has 2 heteroatoms. The molecule has 0 radical (unpaired) electrons. The maximum absolute atomic E-state index is 6.02. The van der Waals surface area contributed by atoms with E-state index in [-0.39, 0.29) is 0 Å². The van der Waals surface area contributed by atoms with Crippen molar-refractivity contribution in [3.63, 3.8) is 0 Å². The van der Waals surface area contributed by atoms with Crippen LogP contribution in [0.15, 0.2) is 0 Å². The first-order valence-electron chi connectivity index (χ1n) is 7.62. The van der Waals surface area contributed by atoms with Crippen LogP contribution in [-0.4, -0.2) is 30.6 Å². The summed E-state index contributed by atoms with van der Waals surface area (Å²) in [5, 5.41) is 0. The molecule has 1 aliphatic carbocycles. The molecule has 3 atom stereocenters. The van der Waals surface area contributed by atoms with Crippen molar-refractivity contribution in [2.75, 3.05) is 19.6 Å². The zero-order chi connectivity index (χ0) is 12.3. The Kier molecular flexibility index (Phi) is 4.48. The van der Waals surface area contributed by atoms with E-state index in [4.69, 9.17) is 5.73 Å². The summed E-state index contributed by atoms with van der Waals surface area (Å²) in [4.78, 5) is 2.78. The summed E-state index contributed by atoms with van der Waals surface area (Å²) in [6.45, 7) is 8.06. The Morgan fingerprint density at radius 1 is 1.24 bits per heavy atom. The molecule has 0 aromatic heterocycles. The molecule has 17 heavy (non-hydrogen) atoms. The lowest BCUT2D eigenvalue weighted by Crippen LogP contribution is -2.49. The Labute approximate surface area is 107 Å². The molecule has 1 heterocycles. The van der Waals surface area contributed by atoms with Crippen molar-refractivity contribution in [3.05, 3.63) is 0 Å². The van der Waals surface area contributed by atoms with E-state index in [2.05, 4.69) is 18.7 Å². The molecule has 3 unspecified atom stereocenters. The average molecular weight is 238 g/mol. The molecule has 1 saturated heterocycles. The van der Waals surface area contributed by atoms with Crippen LogP contribution in [0.2, 0.25) is 0 Å². The number of hydrogen-bond acceptors (Lipinski definition) is 2. The minimum Gasteiger partial charge on any atom is -0.330 e. The summed E-state index contributed by atoms with van der Waals surface area (Å²) in [6, 6.07) is 0.895. The highest BCUT2D eigenvalue weighted by Crippen LogP contribution is 2.38. The van der Waals surface area contributed by atoms with Gasteiger partial charge >= 0.3 is 0 Å². The van der Waals surface area contributed by atoms with Gasteiger partial charge in [-0.3, -0.25) is 4.90 Å². The maximum Gasteiger partial charge on any atom is 0.0124 e. The quantitative estimate of drug-likeness (QED) is 0.798. The minimum atomic E-state index is 0.346. The summed E-state index contributed by atoms with van der Waals surface area (Å²) < 4.78 is 0. The third kappa shape index (κ3) is 3.03. The highest BCUT2D eigenvalue weighted by molar-refractivity contribution is 4.92. The highest BCUT2D eigenvalue weighted by atomic mass is 15.2. The standard InChI is InChI=1S/C15H30N2/c1-3-9-15(2,11-16)12-17-10-5-7-13-6-4-8-14(13)17/h13-14H,3-12,16H2,1-2H3. The Morgan fingerprint density at radius 3 is 2.71 bits per heavy atom. The Bertz CT molecular complexity index is 241. The van der Waals surface area contributed by atoms with Crippen LogP contribution in [-0.2, 0) is 0 Å². The molecule has 2 fully saturated rings. The number of nitrogens with zero attached hydrogens (tertiary/aromatic N) is 1. The van der Waals surface area contributed by atoms with E-state index < -0.39 is 0 Å². The highest BCUT2D eigenvalue weighted by Gasteiger charge is 2.37. The number of nitrogens with two attached hydrogens (primary N) is 1. The zero-order valence-corrected chi connectivity index (χ0v) is 11.8. The summed E-state index contributed by atoms with van der Waals surface area (Å²) in [6.07, 6.45) is 9.81. The lowest BCUT2D eigenvalue weighted by Gasteiger charge is -2.43. The molecule has 2 N–H and O–H groups in total. The van der Waals surface area contributed by atoms with Gasteiger partial charge in [0.05, 0.1) is 0 Å². The van der Waals surface area contributed by atoms with Gasteiger partial charge in [-0.25, -0.2) is 0 Å². The predicted molar refractivity (Wildman–Crippen MR) is 74.0 cm³/mol. The number of likely N-dealkylation sites (tertiary alicyclic amines) is 1. The first-order chi connectivity index (χ1) is 8.18. The van der Waals surface area contributed by atoms with Gasteiger partial charge in [-0.05, 0) is 56.5 Å². The van der Waals surface area contributed by atoms with Crippen LogP contribution in [0.25, 0.3) is 0 Å². The van der Waals surface area contributed by atoms with E-state index in [1.165, 1.54) is 58.0 Å². The molecule has 100 valence electrons. The second-order valence-electron chi connectivity index (χ2n) is 6.64. The van der Waals surface area contributed by atoms with Crippen LogP contribution < -0.4 is 5.73 Å². The fourth-order valence-corrected chi connectivity index (χ4v) is 4.09. The summed E-state index contributed by atoms with van der Waals surface area (Å²) in [5.74, 6) is 1.01. The van der Waals surface area contributed by atoms with Gasteiger partial charge < -0.3 is 5.73 Å². The van der Waals surface area contributed by atoms with Crippen LogP contribution in [0.5, 0.6) is 0 Å². The van der Waals surface area contributed by atoms with Gasteiger partial charge in [0.2, 0.25) is 0 Å². The van der Waals surface area contributed by atoms with Gasteiger partial charge in [0.25, 0.3) is 0 Å². The maximum atomic E-state index is 6.02. The van der Waals surface area contributed by atoms with Crippen molar-refractivity contribution in [2.24, 2.45) is 17.1 Å². The number of fused-ring (bicyclic) bond motifs is 1. The fourth-order valence-electron chi connectivity index (χ4n) is 4.09. The van der Waals surface area contributed by atoms with Crippen molar-refractivity contribution in [2.45, 2.75) is 64.8 Å². The normalized spacial score (nSPS) is 33.4. The molecule has 2 nitrogen and oxygen atoms in total. The Balaban J connectivity index is 1.96. The molecule has 0 spiro atoms. The minimum absolute atomic E-state index is 0.346. The molecule has 2 aliphatic rings. The van der Waals surface area contributed by atoms with Crippen molar-refractivity contribution in [1.29, 1.82) is 0 Å². The van der Waals surface area contributed by atoms with Gasteiger partial charge in [-0.1, -0.05) is 26.7 Å². The Morgan fingerprint density at radius 2 is 2.00 bits per heavy atom. The summed E-state index contributed by atoms with van der Waals surface area (Å²) in [7, 11) is 0. The van der Waals surface area contributed by atoms with Crippen LogP contribution in [0.1, 0.15) is 58.8 Å². The molecule has 0 aromatic rings. The van der Waals surface area contributed by atoms with E-state index >= 15 is 0 Å². The number of piperidine rings is 1. The Hall–Kier alpha value is -0.0800. The number of hydrogen-bond donors (Lipinski definition) is 1. The van der Waals surface area contributed by atoms with Gasteiger partial charge in [0.1, 0.15) is 0 Å². The first kappa shape index (κ1) is 13.4. The van der Waals surface area contributed by atoms with E-state index in [0.717, 1.165) is 18.5 Å². The molecular formula is C15H30N2. The van der Waals surface area contributed by atoms with E-state index in [9.17, 15) is 0 Å². The first-order valence-corrected chi connectivity index (χ1v) is 7.62. The van der Waals surface area contributed by atoms with Crippen molar-refractivity contribution < 1.29 is 0 Å². The van der Waals surface area contributed by atoms with Crippen LogP contribution >= 0.6 is 0 Å². The zero-order valence-electron chi connectivity index (χ0n) is 11.8. The van der Waals surface area contributed by atoms with Crippen molar-refractivity contribution in [3.8, 4) is 0 Å². The summed E-state index contributed by atoms with van der Waals surface area (Å²) in [5.41, 5.74) is 6.37. The second kappa shape index (κ2) is 5.71. The molecular weight excluding hydrogens is 208 g/mol. The third-order valence-corrected chi connectivity index (χ3v) is 5.04. The van der Waals surface area contributed by atoms with Crippen LogP contribution in [0.4, 0.5) is 0 Å². The topological polar surface area (TPSA) is 29.3 Å². The molecule has 0 bridgehead atoms. The fraction of sp³-hybridized carbons (Fsp3) is 1.00. The van der Waals surface area contributed by atoms with Gasteiger partial charge in [0.15, 0.2) is 0 Å². The van der Waals surface area contributed by atoms with Gasteiger partial charge in [-0.15, -0.1) is 0 Å². The monoisotopic (exact) mass is 238 g/mol. The smallest absolute Gasteiger partial charge is 0.0124 e. The van der Waals surface area contributed by atoms with E-state index in [1.54, 1.807) is 0 Å². The summed E-state index contributed by atoms with van der Waals surface area (Å²) >= 11 is 0. The second-order valence-corrected chi connectivity index (χ2v) is 6.64. The van der Waals surface area contributed by atoms with E-state index in [1.807, 2.05) is 0 Å². The average Bonchev–Trinajstić information content (AvgIpc) is 2.78. The van der Waals surface area contributed by atoms with Gasteiger partial charge in [-0.2, -0.15) is 0 Å². The third-order valence-electron chi connectivity index (χ3n) is 5.04. The van der Waals surface area contributed by atoms with Crippen molar-refractivity contribution in [1.82, 2.24) is 4.90 Å².